The lowest BCUT2D eigenvalue weighted by atomic mass is 9.89. The molecule has 0 aromatic carbocycles. The molecule has 0 unspecified atom stereocenters. The molecular formula is C9H9F3O2. The predicted octanol–water partition coefficient (Wildman–Crippen LogP) is 1.76. The molecule has 0 aromatic heterocycles. The second kappa shape index (κ2) is 3.57. The highest BCUT2D eigenvalue weighted by Gasteiger charge is 2.40. The van der Waals surface area contributed by atoms with Gasteiger partial charge in [0.25, 0.3) is 0 Å². The van der Waals surface area contributed by atoms with Crippen molar-refractivity contribution < 1.29 is 23.1 Å². The Morgan fingerprint density at radius 3 is 2.50 bits per heavy atom. The zero-order valence-electron chi connectivity index (χ0n) is 7.21. The molecule has 14 heavy (non-hydrogen) atoms. The van der Waals surface area contributed by atoms with E-state index < -0.39 is 24.0 Å². The van der Waals surface area contributed by atoms with Crippen LogP contribution in [0.4, 0.5) is 13.2 Å². The van der Waals surface area contributed by atoms with Gasteiger partial charge in [-0.05, 0) is 6.08 Å². The number of Topliss-reactive ketones (excluding diaryl/α,β-unsaturated/α-hetero) is 1. The average molecular weight is 206 g/mol. The number of hydrogen-bond acceptors (Lipinski definition) is 2. The van der Waals surface area contributed by atoms with Crippen molar-refractivity contribution in [3.05, 3.63) is 24.3 Å². The summed E-state index contributed by atoms with van der Waals surface area (Å²) in [4.78, 5) is 11.1. The number of carbonyl (C=O) groups excluding carboxylic acids is 1. The summed E-state index contributed by atoms with van der Waals surface area (Å²) in [5.41, 5.74) is -1.98. The molecule has 1 N–H and O–H groups in total. The van der Waals surface area contributed by atoms with Crippen molar-refractivity contribution in [3.63, 3.8) is 0 Å². The van der Waals surface area contributed by atoms with Gasteiger partial charge >= 0.3 is 6.18 Å². The summed E-state index contributed by atoms with van der Waals surface area (Å²) in [6.07, 6.45) is -0.801. The highest BCUT2D eigenvalue weighted by molar-refractivity contribution is 5.90. The number of halogens is 3. The van der Waals surface area contributed by atoms with Crippen LogP contribution in [0.5, 0.6) is 0 Å². The third kappa shape index (κ3) is 2.70. The molecule has 0 bridgehead atoms. The lowest BCUT2D eigenvalue weighted by Gasteiger charge is -2.23. The van der Waals surface area contributed by atoms with E-state index in [2.05, 4.69) is 0 Å². The Bertz CT molecular complexity index is 291. The Kier molecular flexibility index (Phi) is 2.80. The van der Waals surface area contributed by atoms with Crippen molar-refractivity contribution >= 4 is 5.78 Å². The molecule has 78 valence electrons. The number of carbonyl (C=O) groups is 1. The van der Waals surface area contributed by atoms with Gasteiger partial charge in [-0.2, -0.15) is 13.2 Å². The van der Waals surface area contributed by atoms with Crippen molar-refractivity contribution in [3.8, 4) is 0 Å². The summed E-state index contributed by atoms with van der Waals surface area (Å²) in [6.45, 7) is 0. The molecule has 1 aliphatic rings. The van der Waals surface area contributed by atoms with E-state index >= 15 is 0 Å². The van der Waals surface area contributed by atoms with Crippen LogP contribution in [-0.2, 0) is 4.79 Å². The van der Waals surface area contributed by atoms with Gasteiger partial charge in [0.15, 0.2) is 5.78 Å². The number of alkyl halides is 3. The van der Waals surface area contributed by atoms with Crippen LogP contribution in [0, 0.1) is 0 Å². The van der Waals surface area contributed by atoms with Crippen LogP contribution in [0.2, 0.25) is 0 Å². The lowest BCUT2D eigenvalue weighted by molar-refractivity contribution is -0.162. The van der Waals surface area contributed by atoms with Crippen LogP contribution < -0.4 is 0 Å². The average Bonchev–Trinajstić information content (AvgIpc) is 2.02. The van der Waals surface area contributed by atoms with Gasteiger partial charge in [-0.25, -0.2) is 0 Å². The highest BCUT2D eigenvalue weighted by Crippen LogP contribution is 2.27. The fourth-order valence-corrected chi connectivity index (χ4v) is 1.15. The first-order chi connectivity index (χ1) is 6.33. The van der Waals surface area contributed by atoms with Crippen LogP contribution in [0.3, 0.4) is 0 Å². The third-order valence-electron chi connectivity index (χ3n) is 1.89. The minimum Gasteiger partial charge on any atom is -0.378 e. The molecule has 1 aliphatic carbocycles. The minimum absolute atomic E-state index is 0.0988. The van der Waals surface area contributed by atoms with E-state index in [1.165, 1.54) is 12.2 Å². The quantitative estimate of drug-likeness (QED) is 0.747. The number of ketones is 1. The molecule has 1 rings (SSSR count). The smallest absolute Gasteiger partial charge is 0.378 e. The summed E-state index contributed by atoms with van der Waals surface area (Å²) < 4.78 is 35.6. The van der Waals surface area contributed by atoms with E-state index in [-0.39, 0.29) is 6.42 Å². The fraction of sp³-hybridized carbons (Fsp3) is 0.444. The molecule has 0 spiro atoms. The van der Waals surface area contributed by atoms with Gasteiger partial charge in [0.1, 0.15) is 12.0 Å². The monoisotopic (exact) mass is 206 g/mol. The Labute approximate surface area is 78.7 Å². The first-order valence-corrected chi connectivity index (χ1v) is 4.00. The Morgan fingerprint density at radius 2 is 2.07 bits per heavy atom. The molecule has 0 amide bonds. The van der Waals surface area contributed by atoms with Crippen molar-refractivity contribution in [1.29, 1.82) is 0 Å². The first-order valence-electron chi connectivity index (χ1n) is 4.00. The molecule has 0 aromatic rings. The van der Waals surface area contributed by atoms with Crippen molar-refractivity contribution in [2.75, 3.05) is 0 Å². The van der Waals surface area contributed by atoms with Gasteiger partial charge in [-0.1, -0.05) is 18.2 Å². The van der Waals surface area contributed by atoms with Crippen LogP contribution in [0.1, 0.15) is 12.8 Å². The van der Waals surface area contributed by atoms with Gasteiger partial charge in [-0.15, -0.1) is 0 Å². The zero-order chi connectivity index (χ0) is 10.8. The molecule has 1 atom stereocenters. The van der Waals surface area contributed by atoms with E-state index in [0.29, 0.717) is 0 Å². The van der Waals surface area contributed by atoms with Crippen LogP contribution in [0.25, 0.3) is 0 Å². The molecule has 0 saturated carbocycles. The van der Waals surface area contributed by atoms with E-state index in [0.717, 1.165) is 6.08 Å². The molecule has 0 saturated heterocycles. The lowest BCUT2D eigenvalue weighted by Crippen LogP contribution is -2.39. The summed E-state index contributed by atoms with van der Waals surface area (Å²) in [7, 11) is 0. The van der Waals surface area contributed by atoms with E-state index in [1.54, 1.807) is 6.08 Å². The van der Waals surface area contributed by atoms with Crippen molar-refractivity contribution in [1.82, 2.24) is 0 Å². The first kappa shape index (κ1) is 11.0. The molecular weight excluding hydrogens is 197 g/mol. The van der Waals surface area contributed by atoms with Gasteiger partial charge in [-0.3, -0.25) is 4.79 Å². The normalized spacial score (nSPS) is 26.6. The zero-order valence-corrected chi connectivity index (χ0v) is 7.21. The molecule has 0 aliphatic heterocycles. The standard InChI is InChI=1S/C9H9F3O2/c10-9(11,12)6-7(13)8(14)4-2-1-3-5-8/h1-4,14H,5-6H2/t8-/m1/s1. The van der Waals surface area contributed by atoms with Gasteiger partial charge in [0.2, 0.25) is 0 Å². The third-order valence-corrected chi connectivity index (χ3v) is 1.89. The number of allylic oxidation sites excluding steroid dienone is 2. The van der Waals surface area contributed by atoms with Gasteiger partial charge in [0, 0.05) is 6.42 Å². The number of rotatable bonds is 2. The van der Waals surface area contributed by atoms with Gasteiger partial charge in [0.05, 0.1) is 0 Å². The minimum atomic E-state index is -4.57. The predicted molar refractivity (Wildman–Crippen MR) is 43.5 cm³/mol. The van der Waals surface area contributed by atoms with E-state index in [4.69, 9.17) is 0 Å². The van der Waals surface area contributed by atoms with Crippen LogP contribution in [-0.4, -0.2) is 22.7 Å². The SMILES string of the molecule is O=C(CC(F)(F)F)[C@@]1(O)C=CC=CC1. The molecule has 5 heteroatoms. The van der Waals surface area contributed by atoms with Crippen molar-refractivity contribution in [2.45, 2.75) is 24.6 Å². The second-order valence-electron chi connectivity index (χ2n) is 3.13. The Morgan fingerprint density at radius 1 is 1.43 bits per heavy atom. The van der Waals surface area contributed by atoms with Crippen LogP contribution in [0.15, 0.2) is 24.3 Å². The fourth-order valence-electron chi connectivity index (χ4n) is 1.15. The second-order valence-corrected chi connectivity index (χ2v) is 3.13. The molecule has 0 heterocycles. The number of hydrogen-bond donors (Lipinski definition) is 1. The summed E-state index contributed by atoms with van der Waals surface area (Å²) in [5, 5.41) is 9.52. The topological polar surface area (TPSA) is 37.3 Å². The summed E-state index contributed by atoms with van der Waals surface area (Å²) in [5.74, 6) is -1.22. The molecule has 0 radical (unpaired) electrons. The maximum Gasteiger partial charge on any atom is 0.396 e. The van der Waals surface area contributed by atoms with Gasteiger partial charge < -0.3 is 5.11 Å². The summed E-state index contributed by atoms with van der Waals surface area (Å²) in [6, 6.07) is 0. The maximum absolute atomic E-state index is 11.9. The van der Waals surface area contributed by atoms with E-state index in [1.807, 2.05) is 0 Å². The Hall–Kier alpha value is -1.10. The summed E-state index contributed by atoms with van der Waals surface area (Å²) >= 11 is 0. The van der Waals surface area contributed by atoms with Crippen LogP contribution >= 0.6 is 0 Å². The molecule has 0 fully saturated rings. The largest absolute Gasteiger partial charge is 0.396 e. The number of aliphatic hydroxyl groups is 1. The highest BCUT2D eigenvalue weighted by atomic mass is 19.4. The van der Waals surface area contributed by atoms with Crippen molar-refractivity contribution in [2.24, 2.45) is 0 Å². The molecule has 2 nitrogen and oxygen atoms in total. The Balaban J connectivity index is 2.69. The maximum atomic E-state index is 11.9. The van der Waals surface area contributed by atoms with E-state index in [9.17, 15) is 23.1 Å².